The van der Waals surface area contributed by atoms with E-state index in [0.29, 0.717) is 27.5 Å². The van der Waals surface area contributed by atoms with Gasteiger partial charge in [-0.1, -0.05) is 54.1 Å². The lowest BCUT2D eigenvalue weighted by Crippen LogP contribution is -2.17. The number of benzene rings is 4. The van der Waals surface area contributed by atoms with Gasteiger partial charge in [0.15, 0.2) is 0 Å². The zero-order valence-corrected chi connectivity index (χ0v) is 18.0. The topological polar surface area (TPSA) is 93.8 Å². The number of carbonyl (C=O) groups excluding carboxylic acids is 1. The number of carbonyl (C=O) groups is 1. The third kappa shape index (κ3) is 5.34. The number of hydrogen-bond donors (Lipinski definition) is 1. The van der Waals surface area contributed by atoms with Crippen molar-refractivity contribution in [3.63, 3.8) is 0 Å². The van der Waals surface area contributed by atoms with Gasteiger partial charge in [0.05, 0.1) is 11.1 Å². The minimum atomic E-state index is -0.443. The van der Waals surface area contributed by atoms with Crippen LogP contribution >= 0.6 is 11.6 Å². The molecule has 4 aromatic rings. The summed E-state index contributed by atoms with van der Waals surface area (Å²) < 4.78 is 5.98. The Balaban J connectivity index is 1.58. The van der Waals surface area contributed by atoms with Crippen molar-refractivity contribution in [2.24, 2.45) is 5.10 Å². The lowest BCUT2D eigenvalue weighted by Gasteiger charge is -2.12. The van der Waals surface area contributed by atoms with E-state index in [9.17, 15) is 14.9 Å². The summed E-state index contributed by atoms with van der Waals surface area (Å²) in [6, 6.07) is 24.2. The second-order valence-electron chi connectivity index (χ2n) is 7.12. The minimum absolute atomic E-state index is 0.00121. The second kappa shape index (κ2) is 9.93. The number of nitro groups is 1. The molecular formula is C25H18ClN3O4. The number of ether oxygens (including phenoxy) is 1. The van der Waals surface area contributed by atoms with Gasteiger partial charge in [0.2, 0.25) is 0 Å². The molecule has 0 fully saturated rings. The molecular weight excluding hydrogens is 442 g/mol. The monoisotopic (exact) mass is 459 g/mol. The van der Waals surface area contributed by atoms with Crippen LogP contribution in [-0.2, 0) is 6.61 Å². The van der Waals surface area contributed by atoms with Gasteiger partial charge in [-0.25, -0.2) is 5.43 Å². The van der Waals surface area contributed by atoms with Gasteiger partial charge in [0, 0.05) is 28.3 Å². The number of nitrogens with zero attached hydrogens (tertiary/aromatic N) is 2. The van der Waals surface area contributed by atoms with Gasteiger partial charge in [-0.2, -0.15) is 5.10 Å². The van der Waals surface area contributed by atoms with E-state index in [1.165, 1.54) is 18.3 Å². The van der Waals surface area contributed by atoms with E-state index in [2.05, 4.69) is 10.5 Å². The molecule has 0 radical (unpaired) electrons. The zero-order valence-electron chi connectivity index (χ0n) is 17.3. The van der Waals surface area contributed by atoms with Crippen molar-refractivity contribution in [1.82, 2.24) is 5.43 Å². The highest BCUT2D eigenvalue weighted by Gasteiger charge is 2.10. The van der Waals surface area contributed by atoms with Crippen molar-refractivity contribution in [1.29, 1.82) is 0 Å². The average Bonchev–Trinajstić information content (AvgIpc) is 2.83. The first-order valence-corrected chi connectivity index (χ1v) is 10.4. The van der Waals surface area contributed by atoms with Crippen LogP contribution in [0.3, 0.4) is 0 Å². The predicted molar refractivity (Wildman–Crippen MR) is 128 cm³/mol. The van der Waals surface area contributed by atoms with Gasteiger partial charge in [-0.15, -0.1) is 0 Å². The van der Waals surface area contributed by atoms with Crippen LogP contribution < -0.4 is 10.2 Å². The number of non-ortho nitro benzene ring substituents is 1. The summed E-state index contributed by atoms with van der Waals surface area (Å²) in [6.07, 6.45) is 1.53. The molecule has 33 heavy (non-hydrogen) atoms. The Hall–Kier alpha value is -4.23. The summed E-state index contributed by atoms with van der Waals surface area (Å²) in [5.74, 6) is 0.159. The zero-order chi connectivity index (χ0) is 23.2. The second-order valence-corrected chi connectivity index (χ2v) is 7.56. The fourth-order valence-corrected chi connectivity index (χ4v) is 3.40. The fraction of sp³-hybridized carbons (Fsp3) is 0.0400. The van der Waals surface area contributed by atoms with E-state index in [1.807, 2.05) is 36.4 Å². The largest absolute Gasteiger partial charge is 0.488 e. The standard InChI is InChI=1S/C25H18ClN3O4/c26-20-11-8-19(9-12-20)25(30)28-27-15-23-22-7-2-1-5-18(22)10-13-24(23)33-16-17-4-3-6-21(14-17)29(31)32/h1-15H,16H2,(H,28,30)/b27-15-. The maximum atomic E-state index is 12.3. The first-order valence-electron chi connectivity index (χ1n) is 9.98. The maximum Gasteiger partial charge on any atom is 0.271 e. The quantitative estimate of drug-likeness (QED) is 0.216. The van der Waals surface area contributed by atoms with Crippen LogP contribution in [0, 0.1) is 10.1 Å². The van der Waals surface area contributed by atoms with Crippen LogP contribution in [0.5, 0.6) is 5.75 Å². The van der Waals surface area contributed by atoms with Gasteiger partial charge in [-0.3, -0.25) is 14.9 Å². The Morgan fingerprint density at radius 2 is 1.82 bits per heavy atom. The highest BCUT2D eigenvalue weighted by Crippen LogP contribution is 2.28. The van der Waals surface area contributed by atoms with Crippen molar-refractivity contribution >= 4 is 40.2 Å². The molecule has 1 N–H and O–H groups in total. The number of rotatable bonds is 7. The van der Waals surface area contributed by atoms with E-state index in [1.54, 1.807) is 36.4 Å². The number of halogens is 1. The predicted octanol–water partition coefficient (Wildman–Crippen LogP) is 5.74. The molecule has 0 aromatic heterocycles. The van der Waals surface area contributed by atoms with Gasteiger partial charge in [-0.05, 0) is 46.7 Å². The third-order valence-corrected chi connectivity index (χ3v) is 5.16. The van der Waals surface area contributed by atoms with Crippen LogP contribution in [-0.4, -0.2) is 17.0 Å². The van der Waals surface area contributed by atoms with Crippen LogP contribution in [0.1, 0.15) is 21.5 Å². The molecule has 164 valence electrons. The highest BCUT2D eigenvalue weighted by molar-refractivity contribution is 6.30. The number of hydrogen-bond acceptors (Lipinski definition) is 5. The molecule has 0 aliphatic carbocycles. The highest BCUT2D eigenvalue weighted by atomic mass is 35.5. The molecule has 0 saturated carbocycles. The fourth-order valence-electron chi connectivity index (χ4n) is 3.28. The van der Waals surface area contributed by atoms with Crippen molar-refractivity contribution in [2.75, 3.05) is 0 Å². The molecule has 0 saturated heterocycles. The van der Waals surface area contributed by atoms with E-state index in [-0.39, 0.29) is 18.2 Å². The summed E-state index contributed by atoms with van der Waals surface area (Å²) in [6.45, 7) is 0.137. The van der Waals surface area contributed by atoms with E-state index < -0.39 is 4.92 Å². The van der Waals surface area contributed by atoms with Crippen molar-refractivity contribution in [2.45, 2.75) is 6.61 Å². The number of nitro benzene ring substituents is 1. The first kappa shape index (κ1) is 22.0. The Labute approximate surface area is 194 Å². The van der Waals surface area contributed by atoms with Crippen molar-refractivity contribution in [3.8, 4) is 5.75 Å². The maximum absolute atomic E-state index is 12.3. The van der Waals surface area contributed by atoms with Crippen molar-refractivity contribution < 1.29 is 14.5 Å². The van der Waals surface area contributed by atoms with Crippen LogP contribution in [0.25, 0.3) is 10.8 Å². The first-order chi connectivity index (χ1) is 16.0. The molecule has 0 heterocycles. The Kier molecular flexibility index (Phi) is 6.61. The summed E-state index contributed by atoms with van der Waals surface area (Å²) in [5.41, 5.74) is 4.28. The molecule has 8 heteroatoms. The molecule has 0 atom stereocenters. The Morgan fingerprint density at radius 3 is 2.61 bits per heavy atom. The SMILES string of the molecule is O=C(N/N=C\c1c(OCc2cccc([N+](=O)[O-])c2)ccc2ccccc12)c1ccc(Cl)cc1. The molecule has 0 aliphatic rings. The van der Waals surface area contributed by atoms with E-state index in [4.69, 9.17) is 16.3 Å². The van der Waals surface area contributed by atoms with Gasteiger partial charge in [0.25, 0.3) is 11.6 Å². The number of hydrazone groups is 1. The van der Waals surface area contributed by atoms with E-state index >= 15 is 0 Å². The smallest absolute Gasteiger partial charge is 0.271 e. The summed E-state index contributed by atoms with van der Waals surface area (Å²) >= 11 is 5.86. The van der Waals surface area contributed by atoms with Gasteiger partial charge >= 0.3 is 0 Å². The summed E-state index contributed by atoms with van der Waals surface area (Å²) in [5, 5.41) is 17.5. The average molecular weight is 460 g/mol. The Morgan fingerprint density at radius 1 is 1.03 bits per heavy atom. The molecule has 7 nitrogen and oxygen atoms in total. The molecule has 0 aliphatic heterocycles. The molecule has 0 unspecified atom stereocenters. The lowest BCUT2D eigenvalue weighted by molar-refractivity contribution is -0.384. The number of amides is 1. The van der Waals surface area contributed by atoms with Gasteiger partial charge < -0.3 is 4.74 Å². The minimum Gasteiger partial charge on any atom is -0.488 e. The summed E-state index contributed by atoms with van der Waals surface area (Å²) in [4.78, 5) is 22.9. The van der Waals surface area contributed by atoms with Crippen LogP contribution in [0.2, 0.25) is 5.02 Å². The third-order valence-electron chi connectivity index (χ3n) is 4.91. The molecule has 0 spiro atoms. The van der Waals surface area contributed by atoms with E-state index in [0.717, 1.165) is 10.8 Å². The normalized spacial score (nSPS) is 10.9. The molecule has 4 aromatic carbocycles. The van der Waals surface area contributed by atoms with Crippen LogP contribution in [0.15, 0.2) is 90.0 Å². The summed E-state index contributed by atoms with van der Waals surface area (Å²) in [7, 11) is 0. The lowest BCUT2D eigenvalue weighted by atomic mass is 10.0. The van der Waals surface area contributed by atoms with Crippen molar-refractivity contribution in [3.05, 3.63) is 117 Å². The molecule has 1 amide bonds. The Bertz CT molecular complexity index is 1350. The molecule has 4 rings (SSSR count). The van der Waals surface area contributed by atoms with Crippen LogP contribution in [0.4, 0.5) is 5.69 Å². The van der Waals surface area contributed by atoms with Gasteiger partial charge in [0.1, 0.15) is 12.4 Å². The molecule has 0 bridgehead atoms. The number of fused-ring (bicyclic) bond motifs is 1. The number of nitrogens with one attached hydrogen (secondary N) is 1.